The van der Waals surface area contributed by atoms with E-state index in [4.69, 9.17) is 17.3 Å². The van der Waals surface area contributed by atoms with E-state index >= 15 is 0 Å². The fraction of sp³-hybridized carbons (Fsp3) is 0.357. The van der Waals surface area contributed by atoms with Crippen molar-refractivity contribution in [1.82, 2.24) is 4.90 Å². The second kappa shape index (κ2) is 5.84. The Balaban J connectivity index is 1.99. The average molecular weight is 327 g/mol. The number of hydrogen-bond acceptors (Lipinski definition) is 4. The lowest BCUT2D eigenvalue weighted by Crippen LogP contribution is -2.32. The predicted octanol–water partition coefficient (Wildman–Crippen LogP) is 3.72. The molecule has 2 N–H and O–H groups in total. The lowest BCUT2D eigenvalue weighted by atomic mass is 10.2. The van der Waals surface area contributed by atoms with Crippen molar-refractivity contribution in [3.05, 3.63) is 28.1 Å². The zero-order chi connectivity index (χ0) is 14.1. The molecule has 1 aromatic heterocycles. The minimum Gasteiger partial charge on any atom is -0.397 e. The van der Waals surface area contributed by atoms with Gasteiger partial charge in [0.1, 0.15) is 4.88 Å². The van der Waals surface area contributed by atoms with Crippen LogP contribution in [0.3, 0.4) is 0 Å². The van der Waals surface area contributed by atoms with E-state index < -0.39 is 0 Å². The van der Waals surface area contributed by atoms with Crippen molar-refractivity contribution in [2.75, 3.05) is 30.3 Å². The Morgan fingerprint density at radius 2 is 2.15 bits per heavy atom. The van der Waals surface area contributed by atoms with Gasteiger partial charge in [-0.25, -0.2) is 0 Å². The van der Waals surface area contributed by atoms with Crippen molar-refractivity contribution >= 4 is 56.4 Å². The Labute approximate surface area is 131 Å². The summed E-state index contributed by atoms with van der Waals surface area (Å²) in [5, 5.41) is 1.42. The van der Waals surface area contributed by atoms with Gasteiger partial charge in [0.15, 0.2) is 0 Å². The number of halogens is 1. The summed E-state index contributed by atoms with van der Waals surface area (Å²) in [6, 6.07) is 5.65. The maximum Gasteiger partial charge on any atom is 0.266 e. The monoisotopic (exact) mass is 326 g/mol. The summed E-state index contributed by atoms with van der Waals surface area (Å²) in [5.74, 6) is 2.16. The Kier molecular flexibility index (Phi) is 4.10. The molecule has 1 aliphatic rings. The number of fused-ring (bicyclic) bond motifs is 1. The van der Waals surface area contributed by atoms with E-state index in [-0.39, 0.29) is 5.91 Å². The van der Waals surface area contributed by atoms with Crippen molar-refractivity contribution in [2.45, 2.75) is 6.42 Å². The molecule has 2 aromatic rings. The van der Waals surface area contributed by atoms with E-state index in [1.165, 1.54) is 11.3 Å². The zero-order valence-electron chi connectivity index (χ0n) is 10.9. The maximum atomic E-state index is 12.7. The molecule has 0 aliphatic carbocycles. The number of amides is 1. The number of anilines is 1. The third-order valence-electron chi connectivity index (χ3n) is 3.41. The van der Waals surface area contributed by atoms with Crippen LogP contribution < -0.4 is 5.73 Å². The van der Waals surface area contributed by atoms with Crippen LogP contribution in [0.4, 0.5) is 5.69 Å². The summed E-state index contributed by atoms with van der Waals surface area (Å²) >= 11 is 9.53. The molecule has 1 aromatic carbocycles. The van der Waals surface area contributed by atoms with Crippen LogP contribution in [0.2, 0.25) is 5.02 Å². The fourth-order valence-electron chi connectivity index (χ4n) is 2.38. The van der Waals surface area contributed by atoms with Gasteiger partial charge in [-0.15, -0.1) is 11.3 Å². The highest BCUT2D eigenvalue weighted by molar-refractivity contribution is 7.99. The number of nitrogens with zero attached hydrogens (tertiary/aromatic N) is 1. The third kappa shape index (κ3) is 2.50. The highest BCUT2D eigenvalue weighted by Crippen LogP contribution is 2.38. The van der Waals surface area contributed by atoms with Crippen LogP contribution >= 0.6 is 34.7 Å². The number of thiophene rings is 1. The van der Waals surface area contributed by atoms with Crippen LogP contribution in [0, 0.1) is 0 Å². The Morgan fingerprint density at radius 3 is 2.95 bits per heavy atom. The Morgan fingerprint density at radius 1 is 1.30 bits per heavy atom. The van der Waals surface area contributed by atoms with Gasteiger partial charge in [0.25, 0.3) is 5.91 Å². The molecule has 1 aliphatic heterocycles. The minimum absolute atomic E-state index is 0.0438. The molecule has 0 saturated carbocycles. The molecule has 3 rings (SSSR count). The van der Waals surface area contributed by atoms with Gasteiger partial charge in [-0.1, -0.05) is 17.7 Å². The van der Waals surface area contributed by atoms with Crippen molar-refractivity contribution in [3.63, 3.8) is 0 Å². The van der Waals surface area contributed by atoms with Crippen molar-refractivity contribution < 1.29 is 4.79 Å². The van der Waals surface area contributed by atoms with E-state index in [0.717, 1.165) is 41.1 Å². The van der Waals surface area contributed by atoms with Gasteiger partial charge in [-0.05, 0) is 24.3 Å². The number of rotatable bonds is 1. The van der Waals surface area contributed by atoms with Gasteiger partial charge >= 0.3 is 0 Å². The van der Waals surface area contributed by atoms with E-state index in [0.29, 0.717) is 15.6 Å². The van der Waals surface area contributed by atoms with Crippen LogP contribution in [-0.4, -0.2) is 35.4 Å². The molecule has 0 spiro atoms. The fourth-order valence-corrected chi connectivity index (χ4v) is 4.72. The second-order valence-electron chi connectivity index (χ2n) is 4.72. The second-order valence-corrected chi connectivity index (χ2v) is 7.40. The van der Waals surface area contributed by atoms with Crippen molar-refractivity contribution in [1.29, 1.82) is 0 Å². The quantitative estimate of drug-likeness (QED) is 0.868. The SMILES string of the molecule is Nc1c(C(=O)N2CCCSCC2)sc2cccc(Cl)c12. The van der Waals surface area contributed by atoms with Crippen LogP contribution in [0.15, 0.2) is 18.2 Å². The molecular formula is C14H15ClN2OS2. The number of nitrogen functional groups attached to an aromatic ring is 1. The lowest BCUT2D eigenvalue weighted by molar-refractivity contribution is 0.0774. The van der Waals surface area contributed by atoms with E-state index in [1.54, 1.807) is 0 Å². The predicted molar refractivity (Wildman–Crippen MR) is 89.1 cm³/mol. The molecule has 0 radical (unpaired) electrons. The number of nitrogens with two attached hydrogens (primary N) is 1. The normalized spacial score (nSPS) is 16.4. The first kappa shape index (κ1) is 14.0. The summed E-state index contributed by atoms with van der Waals surface area (Å²) in [5.41, 5.74) is 6.69. The summed E-state index contributed by atoms with van der Waals surface area (Å²) in [7, 11) is 0. The van der Waals surface area contributed by atoms with Crippen molar-refractivity contribution in [3.8, 4) is 0 Å². The third-order valence-corrected chi connectivity index (χ3v) is 5.93. The van der Waals surface area contributed by atoms with Gasteiger partial charge in [0.2, 0.25) is 0 Å². The molecule has 0 unspecified atom stereocenters. The van der Waals surface area contributed by atoms with Crippen LogP contribution in [0.25, 0.3) is 10.1 Å². The molecule has 0 bridgehead atoms. The summed E-state index contributed by atoms with van der Waals surface area (Å²) < 4.78 is 0.975. The molecule has 3 nitrogen and oxygen atoms in total. The molecule has 20 heavy (non-hydrogen) atoms. The molecule has 106 valence electrons. The molecule has 2 heterocycles. The number of carbonyl (C=O) groups is 1. The van der Waals surface area contributed by atoms with Gasteiger partial charge in [0.05, 0.1) is 10.7 Å². The first-order valence-corrected chi connectivity index (χ1v) is 8.87. The first-order chi connectivity index (χ1) is 9.68. The number of carbonyl (C=O) groups excluding carboxylic acids is 1. The molecule has 1 fully saturated rings. The van der Waals surface area contributed by atoms with Crippen LogP contribution in [0.1, 0.15) is 16.1 Å². The summed E-state index contributed by atoms with van der Waals surface area (Å²) in [6.45, 7) is 1.61. The highest BCUT2D eigenvalue weighted by atomic mass is 35.5. The van der Waals surface area contributed by atoms with Gasteiger partial charge in [0, 0.05) is 28.9 Å². The topological polar surface area (TPSA) is 46.3 Å². The van der Waals surface area contributed by atoms with E-state index in [9.17, 15) is 4.79 Å². The molecular weight excluding hydrogens is 312 g/mol. The van der Waals surface area contributed by atoms with E-state index in [1.807, 2.05) is 34.9 Å². The molecule has 1 amide bonds. The Bertz CT molecular complexity index is 648. The van der Waals surface area contributed by atoms with Crippen LogP contribution in [-0.2, 0) is 0 Å². The number of thioether (sulfide) groups is 1. The maximum absolute atomic E-state index is 12.7. The smallest absolute Gasteiger partial charge is 0.266 e. The Hall–Kier alpha value is -0.910. The standard InChI is InChI=1S/C14H15ClN2OS2/c15-9-3-1-4-10-11(9)12(16)13(20-10)14(18)17-5-2-7-19-8-6-17/h1,3-4H,2,5-8,16H2. The first-order valence-electron chi connectivity index (χ1n) is 6.52. The average Bonchev–Trinajstić information content (AvgIpc) is 2.65. The molecule has 6 heteroatoms. The van der Waals surface area contributed by atoms with Crippen molar-refractivity contribution in [2.24, 2.45) is 0 Å². The van der Waals surface area contributed by atoms with Gasteiger partial charge in [-0.2, -0.15) is 11.8 Å². The van der Waals surface area contributed by atoms with Crippen LogP contribution in [0.5, 0.6) is 0 Å². The lowest BCUT2D eigenvalue weighted by Gasteiger charge is -2.19. The summed E-state index contributed by atoms with van der Waals surface area (Å²) in [4.78, 5) is 15.2. The summed E-state index contributed by atoms with van der Waals surface area (Å²) in [6.07, 6.45) is 1.04. The molecule has 1 saturated heterocycles. The highest BCUT2D eigenvalue weighted by Gasteiger charge is 2.23. The van der Waals surface area contributed by atoms with Gasteiger partial charge < -0.3 is 10.6 Å². The van der Waals surface area contributed by atoms with Gasteiger partial charge in [-0.3, -0.25) is 4.79 Å². The zero-order valence-corrected chi connectivity index (χ0v) is 13.3. The van der Waals surface area contributed by atoms with E-state index in [2.05, 4.69) is 0 Å². The largest absolute Gasteiger partial charge is 0.397 e. The minimum atomic E-state index is 0.0438. The number of benzene rings is 1. The molecule has 0 atom stereocenters. The number of hydrogen-bond donors (Lipinski definition) is 1.